The molecule has 0 bridgehead atoms. The lowest BCUT2D eigenvalue weighted by Gasteiger charge is -2.13. The summed E-state index contributed by atoms with van der Waals surface area (Å²) in [6, 6.07) is 14.1. The maximum atomic E-state index is 13.0. The maximum Gasteiger partial charge on any atom is 0.348 e. The topological polar surface area (TPSA) is 106 Å². The molecule has 3 heterocycles. The number of carbonyl (C=O) groups excluding carboxylic acids is 4. The molecule has 0 unspecified atom stereocenters. The lowest BCUT2D eigenvalue weighted by atomic mass is 10.1. The molecule has 0 saturated carbocycles. The predicted molar refractivity (Wildman–Crippen MR) is 134 cm³/mol. The van der Waals surface area contributed by atoms with Crippen LogP contribution in [0.2, 0.25) is 0 Å². The molecular formula is C25H19N3O5S2. The van der Waals surface area contributed by atoms with Crippen LogP contribution in [0.25, 0.3) is 20.8 Å². The number of hydrogen-bond acceptors (Lipinski definition) is 8. The standard InChI is InChI=1S/C25H19N3O5S2/c1-3-33-25(32)20-13(2)19(21-26-16-10-6-7-11-17(16)34-21)22(35-20)27-18(29)12-28-23(30)14-8-4-5-9-15(14)24(28)31/h4-11H,3,12H2,1-2H3,(H,27,29). The second-order valence-electron chi connectivity index (χ2n) is 7.76. The van der Waals surface area contributed by atoms with Crippen molar-refractivity contribution in [2.24, 2.45) is 0 Å². The van der Waals surface area contributed by atoms with Crippen molar-refractivity contribution in [1.29, 1.82) is 0 Å². The van der Waals surface area contributed by atoms with Crippen LogP contribution < -0.4 is 5.32 Å². The number of thiophene rings is 1. The van der Waals surface area contributed by atoms with Gasteiger partial charge >= 0.3 is 5.97 Å². The zero-order valence-corrected chi connectivity index (χ0v) is 20.4. The molecule has 0 fully saturated rings. The number of carbonyl (C=O) groups is 4. The predicted octanol–water partition coefficient (Wildman–Crippen LogP) is 4.74. The van der Waals surface area contributed by atoms with E-state index in [1.54, 1.807) is 38.1 Å². The van der Waals surface area contributed by atoms with Crippen molar-refractivity contribution >= 4 is 61.6 Å². The second kappa shape index (κ2) is 9.05. The quantitative estimate of drug-likeness (QED) is 0.300. The minimum atomic E-state index is -0.557. The minimum Gasteiger partial charge on any atom is -0.462 e. The summed E-state index contributed by atoms with van der Waals surface area (Å²) >= 11 is 2.53. The first kappa shape index (κ1) is 22.9. The van der Waals surface area contributed by atoms with Crippen LogP contribution in [0.5, 0.6) is 0 Å². The number of hydrogen-bond donors (Lipinski definition) is 1. The third-order valence-corrected chi connectivity index (χ3v) is 7.79. The summed E-state index contributed by atoms with van der Waals surface area (Å²) in [5, 5.41) is 3.85. The number of anilines is 1. The molecule has 0 radical (unpaired) electrons. The molecule has 8 nitrogen and oxygen atoms in total. The minimum absolute atomic E-state index is 0.216. The summed E-state index contributed by atoms with van der Waals surface area (Å²) in [6.45, 7) is 3.27. The number of nitrogens with one attached hydrogen (secondary N) is 1. The molecule has 1 aliphatic rings. The van der Waals surface area contributed by atoms with Gasteiger partial charge in [0.05, 0.1) is 28.0 Å². The highest BCUT2D eigenvalue weighted by atomic mass is 32.1. The highest BCUT2D eigenvalue weighted by molar-refractivity contribution is 7.23. The number of amides is 3. The number of benzene rings is 2. The van der Waals surface area contributed by atoms with E-state index >= 15 is 0 Å². The highest BCUT2D eigenvalue weighted by Gasteiger charge is 2.36. The largest absolute Gasteiger partial charge is 0.462 e. The first-order valence-electron chi connectivity index (χ1n) is 10.8. The average Bonchev–Trinajstić information content (AvgIpc) is 3.48. The van der Waals surface area contributed by atoms with Crippen molar-refractivity contribution in [2.45, 2.75) is 13.8 Å². The lowest BCUT2D eigenvalue weighted by molar-refractivity contribution is -0.116. The van der Waals surface area contributed by atoms with E-state index in [1.165, 1.54) is 11.3 Å². The van der Waals surface area contributed by atoms with Crippen LogP contribution >= 0.6 is 22.7 Å². The van der Waals surface area contributed by atoms with Crippen LogP contribution in [0, 0.1) is 6.92 Å². The number of para-hydroxylation sites is 1. The van der Waals surface area contributed by atoms with Crippen molar-refractivity contribution in [1.82, 2.24) is 9.88 Å². The van der Waals surface area contributed by atoms with Gasteiger partial charge in [-0.15, -0.1) is 22.7 Å². The van der Waals surface area contributed by atoms with Gasteiger partial charge in [-0.05, 0) is 43.7 Å². The van der Waals surface area contributed by atoms with Crippen molar-refractivity contribution < 1.29 is 23.9 Å². The molecule has 35 heavy (non-hydrogen) atoms. The molecule has 3 amide bonds. The molecule has 4 aromatic rings. The zero-order valence-electron chi connectivity index (χ0n) is 18.8. The van der Waals surface area contributed by atoms with Gasteiger partial charge in [0, 0.05) is 5.56 Å². The molecule has 10 heteroatoms. The van der Waals surface area contributed by atoms with Gasteiger partial charge in [-0.1, -0.05) is 24.3 Å². The first-order valence-corrected chi connectivity index (χ1v) is 12.4. The van der Waals surface area contributed by atoms with E-state index in [4.69, 9.17) is 4.74 Å². The third kappa shape index (κ3) is 4.00. The SMILES string of the molecule is CCOC(=O)c1sc(NC(=O)CN2C(=O)c3ccccc3C2=O)c(-c2nc3ccccc3s2)c1C. The molecule has 0 spiro atoms. The molecule has 2 aromatic heterocycles. The zero-order chi connectivity index (χ0) is 24.7. The lowest BCUT2D eigenvalue weighted by Crippen LogP contribution is -2.37. The van der Waals surface area contributed by atoms with Gasteiger partial charge < -0.3 is 10.1 Å². The summed E-state index contributed by atoms with van der Waals surface area (Å²) < 4.78 is 6.16. The fourth-order valence-electron chi connectivity index (χ4n) is 3.92. The number of aromatic nitrogens is 1. The number of thiazole rings is 1. The first-order chi connectivity index (χ1) is 16.9. The van der Waals surface area contributed by atoms with Crippen molar-refractivity contribution in [3.63, 3.8) is 0 Å². The van der Waals surface area contributed by atoms with Gasteiger partial charge in [0.25, 0.3) is 11.8 Å². The van der Waals surface area contributed by atoms with E-state index in [9.17, 15) is 19.2 Å². The second-order valence-corrected chi connectivity index (χ2v) is 9.81. The average molecular weight is 506 g/mol. The van der Waals surface area contributed by atoms with Gasteiger partial charge in [-0.2, -0.15) is 0 Å². The molecule has 176 valence electrons. The number of esters is 1. The van der Waals surface area contributed by atoms with E-state index in [2.05, 4.69) is 10.3 Å². The van der Waals surface area contributed by atoms with Crippen LogP contribution in [0.3, 0.4) is 0 Å². The summed E-state index contributed by atoms with van der Waals surface area (Å²) in [5.74, 6) is -2.07. The Morgan fingerprint density at radius 3 is 2.31 bits per heavy atom. The summed E-state index contributed by atoms with van der Waals surface area (Å²) in [4.78, 5) is 56.9. The number of nitrogens with zero attached hydrogens (tertiary/aromatic N) is 2. The Labute approximate surface area is 208 Å². The Morgan fingerprint density at radius 1 is 1.00 bits per heavy atom. The van der Waals surface area contributed by atoms with Gasteiger partial charge in [0.15, 0.2) is 0 Å². The van der Waals surface area contributed by atoms with Crippen LogP contribution in [-0.4, -0.2) is 46.7 Å². The normalized spacial score (nSPS) is 12.8. The molecule has 5 rings (SSSR count). The number of fused-ring (bicyclic) bond motifs is 2. The van der Waals surface area contributed by atoms with Gasteiger partial charge in [-0.3, -0.25) is 19.3 Å². The fraction of sp³-hybridized carbons (Fsp3) is 0.160. The van der Waals surface area contributed by atoms with E-state index in [1.807, 2.05) is 24.3 Å². The molecule has 0 aliphatic carbocycles. The van der Waals surface area contributed by atoms with Crippen molar-refractivity contribution in [2.75, 3.05) is 18.5 Å². The van der Waals surface area contributed by atoms with Crippen molar-refractivity contribution in [3.05, 3.63) is 70.1 Å². The van der Waals surface area contributed by atoms with E-state index in [0.29, 0.717) is 26.0 Å². The summed E-state index contributed by atoms with van der Waals surface area (Å²) in [6.07, 6.45) is 0. The van der Waals surface area contributed by atoms with Crippen LogP contribution in [-0.2, 0) is 9.53 Å². The highest BCUT2D eigenvalue weighted by Crippen LogP contribution is 2.43. The Morgan fingerprint density at radius 2 is 1.66 bits per heavy atom. The number of imide groups is 1. The Hall–Kier alpha value is -3.89. The van der Waals surface area contributed by atoms with E-state index < -0.39 is 30.2 Å². The molecule has 0 atom stereocenters. The van der Waals surface area contributed by atoms with Gasteiger partial charge in [0.2, 0.25) is 5.91 Å². The van der Waals surface area contributed by atoms with Crippen molar-refractivity contribution in [3.8, 4) is 10.6 Å². The fourth-order valence-corrected chi connectivity index (χ4v) is 6.18. The molecule has 1 N–H and O–H groups in total. The molecule has 0 saturated heterocycles. The summed E-state index contributed by atoms with van der Waals surface area (Å²) in [5.41, 5.74) is 2.62. The number of rotatable bonds is 6. The van der Waals surface area contributed by atoms with Gasteiger partial charge in [0.1, 0.15) is 21.4 Å². The molecule has 1 aliphatic heterocycles. The third-order valence-electron chi connectivity index (χ3n) is 5.55. The monoisotopic (exact) mass is 505 g/mol. The van der Waals surface area contributed by atoms with Crippen LogP contribution in [0.15, 0.2) is 48.5 Å². The Balaban J connectivity index is 1.47. The molecular weight excluding hydrogens is 486 g/mol. The number of ether oxygens (including phenoxy) is 1. The summed E-state index contributed by atoms with van der Waals surface area (Å²) in [7, 11) is 0. The molecule has 2 aromatic carbocycles. The van der Waals surface area contributed by atoms with Crippen LogP contribution in [0.4, 0.5) is 5.00 Å². The Bertz CT molecular complexity index is 1450. The smallest absolute Gasteiger partial charge is 0.348 e. The van der Waals surface area contributed by atoms with Crippen LogP contribution in [0.1, 0.15) is 42.9 Å². The van der Waals surface area contributed by atoms with E-state index in [-0.39, 0.29) is 17.7 Å². The van der Waals surface area contributed by atoms with Gasteiger partial charge in [-0.25, -0.2) is 9.78 Å². The van der Waals surface area contributed by atoms with E-state index in [0.717, 1.165) is 26.5 Å². The maximum absolute atomic E-state index is 13.0. The Kier molecular flexibility index (Phi) is 5.91.